The third-order valence-electron chi connectivity index (χ3n) is 5.37. The fourth-order valence-electron chi connectivity index (χ4n) is 3.69. The quantitative estimate of drug-likeness (QED) is 0.331. The van der Waals surface area contributed by atoms with E-state index in [1.165, 1.54) is 0 Å². The highest BCUT2D eigenvalue weighted by Crippen LogP contribution is 2.43. The Kier molecular flexibility index (Phi) is 7.13. The van der Waals surface area contributed by atoms with Crippen molar-refractivity contribution in [3.63, 3.8) is 0 Å². The fraction of sp³-hybridized carbons (Fsp3) is 0.185. The van der Waals surface area contributed by atoms with Gasteiger partial charge in [0.1, 0.15) is 12.3 Å². The number of benzene rings is 3. The molecule has 4 aromatic rings. The monoisotopic (exact) mass is 458 g/mol. The Labute approximate surface area is 198 Å². The predicted octanol–water partition coefficient (Wildman–Crippen LogP) is 5.42. The smallest absolute Gasteiger partial charge is 0.203 e. The predicted molar refractivity (Wildman–Crippen MR) is 130 cm³/mol. The molecule has 34 heavy (non-hydrogen) atoms. The summed E-state index contributed by atoms with van der Waals surface area (Å²) >= 11 is 0. The van der Waals surface area contributed by atoms with Crippen LogP contribution in [0.15, 0.2) is 72.9 Å². The molecule has 0 fully saturated rings. The molecule has 0 aliphatic rings. The Morgan fingerprint density at radius 3 is 1.97 bits per heavy atom. The number of methoxy groups -OCH3 is 4. The molecule has 7 heteroatoms. The second-order valence-electron chi connectivity index (χ2n) is 7.35. The lowest BCUT2D eigenvalue weighted by Crippen LogP contribution is -1.99. The van der Waals surface area contributed by atoms with E-state index in [0.29, 0.717) is 41.0 Å². The summed E-state index contributed by atoms with van der Waals surface area (Å²) in [6.07, 6.45) is 1.66. The molecular formula is C27H26N2O5. The SMILES string of the molecule is COc1ccc(-c2ccnnc2-c2cc(OC)c(OC)c(OC)c2)cc1OCc1ccccc1. The van der Waals surface area contributed by atoms with Crippen LogP contribution in [0.2, 0.25) is 0 Å². The molecule has 3 aromatic carbocycles. The van der Waals surface area contributed by atoms with Gasteiger partial charge in [0.15, 0.2) is 23.0 Å². The van der Waals surface area contributed by atoms with Crippen LogP contribution in [0.5, 0.6) is 28.7 Å². The van der Waals surface area contributed by atoms with Gasteiger partial charge in [0.2, 0.25) is 5.75 Å². The van der Waals surface area contributed by atoms with E-state index in [1.807, 2.05) is 66.7 Å². The Morgan fingerprint density at radius 2 is 1.32 bits per heavy atom. The van der Waals surface area contributed by atoms with Gasteiger partial charge in [-0.25, -0.2) is 0 Å². The van der Waals surface area contributed by atoms with Gasteiger partial charge >= 0.3 is 0 Å². The molecule has 0 radical (unpaired) electrons. The number of nitrogens with zero attached hydrogens (tertiary/aromatic N) is 2. The average Bonchev–Trinajstić information content (AvgIpc) is 2.91. The highest BCUT2D eigenvalue weighted by Gasteiger charge is 2.18. The van der Waals surface area contributed by atoms with Gasteiger partial charge < -0.3 is 23.7 Å². The van der Waals surface area contributed by atoms with Crippen molar-refractivity contribution < 1.29 is 23.7 Å². The molecule has 0 saturated carbocycles. The van der Waals surface area contributed by atoms with E-state index in [2.05, 4.69) is 10.2 Å². The Hall–Kier alpha value is -4.26. The molecule has 0 unspecified atom stereocenters. The Morgan fingerprint density at radius 1 is 0.647 bits per heavy atom. The molecule has 7 nitrogen and oxygen atoms in total. The number of ether oxygens (including phenoxy) is 5. The van der Waals surface area contributed by atoms with Crippen molar-refractivity contribution in [3.8, 4) is 51.1 Å². The van der Waals surface area contributed by atoms with Crippen molar-refractivity contribution >= 4 is 0 Å². The van der Waals surface area contributed by atoms with Crippen molar-refractivity contribution in [2.75, 3.05) is 28.4 Å². The maximum atomic E-state index is 6.11. The highest BCUT2D eigenvalue weighted by molar-refractivity contribution is 5.83. The molecule has 0 amide bonds. The zero-order valence-electron chi connectivity index (χ0n) is 19.6. The molecule has 0 aliphatic heterocycles. The first-order valence-corrected chi connectivity index (χ1v) is 10.7. The van der Waals surface area contributed by atoms with Crippen LogP contribution < -0.4 is 23.7 Å². The van der Waals surface area contributed by atoms with Gasteiger partial charge in [0.25, 0.3) is 0 Å². The molecule has 0 spiro atoms. The summed E-state index contributed by atoms with van der Waals surface area (Å²) in [4.78, 5) is 0. The van der Waals surface area contributed by atoms with E-state index in [1.54, 1.807) is 34.6 Å². The largest absolute Gasteiger partial charge is 0.493 e. The summed E-state index contributed by atoms with van der Waals surface area (Å²) in [5.74, 6) is 2.87. The topological polar surface area (TPSA) is 71.9 Å². The van der Waals surface area contributed by atoms with Crippen LogP contribution in [0, 0.1) is 0 Å². The minimum Gasteiger partial charge on any atom is -0.493 e. The summed E-state index contributed by atoms with van der Waals surface area (Å²) in [7, 11) is 6.36. The second-order valence-corrected chi connectivity index (χ2v) is 7.35. The highest BCUT2D eigenvalue weighted by atomic mass is 16.5. The molecule has 0 atom stereocenters. The van der Waals surface area contributed by atoms with Gasteiger partial charge in [-0.15, -0.1) is 5.10 Å². The Bertz CT molecular complexity index is 1240. The lowest BCUT2D eigenvalue weighted by Gasteiger charge is -2.16. The summed E-state index contributed by atoms with van der Waals surface area (Å²) in [5.41, 5.74) is 4.29. The summed E-state index contributed by atoms with van der Waals surface area (Å²) in [6, 6.07) is 21.4. The molecule has 4 rings (SSSR count). The van der Waals surface area contributed by atoms with Gasteiger partial charge in [0, 0.05) is 11.1 Å². The number of aromatic nitrogens is 2. The summed E-state index contributed by atoms with van der Waals surface area (Å²) < 4.78 is 28.1. The first kappa shape index (κ1) is 22.9. The van der Waals surface area contributed by atoms with Crippen LogP contribution in [-0.4, -0.2) is 38.6 Å². The zero-order chi connectivity index (χ0) is 23.9. The lowest BCUT2D eigenvalue weighted by atomic mass is 9.99. The van der Waals surface area contributed by atoms with Gasteiger partial charge in [-0.05, 0) is 41.5 Å². The van der Waals surface area contributed by atoms with Gasteiger partial charge in [0.05, 0.1) is 34.6 Å². The Balaban J connectivity index is 1.76. The van der Waals surface area contributed by atoms with Crippen LogP contribution >= 0.6 is 0 Å². The normalized spacial score (nSPS) is 10.5. The van der Waals surface area contributed by atoms with Crippen LogP contribution in [0.25, 0.3) is 22.4 Å². The number of hydrogen-bond donors (Lipinski definition) is 0. The molecule has 0 bridgehead atoms. The van der Waals surface area contributed by atoms with E-state index in [0.717, 1.165) is 22.3 Å². The van der Waals surface area contributed by atoms with Crippen LogP contribution in [0.3, 0.4) is 0 Å². The zero-order valence-corrected chi connectivity index (χ0v) is 19.6. The van der Waals surface area contributed by atoms with Gasteiger partial charge in [-0.3, -0.25) is 0 Å². The third kappa shape index (κ3) is 4.73. The maximum Gasteiger partial charge on any atom is 0.203 e. The van der Waals surface area contributed by atoms with Crippen LogP contribution in [0.1, 0.15) is 5.56 Å². The first-order valence-electron chi connectivity index (χ1n) is 10.7. The standard InChI is InChI=1S/C27H26N2O5/c1-30-22-11-10-19(14-23(22)34-17-18-8-6-5-7-9-18)21-12-13-28-29-26(21)20-15-24(31-2)27(33-4)25(16-20)32-3/h5-16H,17H2,1-4H3. The fourth-order valence-corrected chi connectivity index (χ4v) is 3.69. The van der Waals surface area contributed by atoms with E-state index in [4.69, 9.17) is 23.7 Å². The van der Waals surface area contributed by atoms with Crippen LogP contribution in [-0.2, 0) is 6.61 Å². The number of hydrogen-bond acceptors (Lipinski definition) is 7. The molecule has 0 N–H and O–H groups in total. The molecule has 1 heterocycles. The van der Waals surface area contributed by atoms with Crippen LogP contribution in [0.4, 0.5) is 0 Å². The van der Waals surface area contributed by atoms with E-state index in [9.17, 15) is 0 Å². The summed E-state index contributed by atoms with van der Waals surface area (Å²) in [6.45, 7) is 0.426. The second kappa shape index (κ2) is 10.6. The van der Waals surface area contributed by atoms with Gasteiger partial charge in [-0.2, -0.15) is 5.10 Å². The van der Waals surface area contributed by atoms with Crippen molar-refractivity contribution in [1.29, 1.82) is 0 Å². The van der Waals surface area contributed by atoms with Crippen molar-refractivity contribution in [2.45, 2.75) is 6.61 Å². The molecule has 1 aromatic heterocycles. The molecule has 0 aliphatic carbocycles. The van der Waals surface area contributed by atoms with E-state index >= 15 is 0 Å². The summed E-state index contributed by atoms with van der Waals surface area (Å²) in [5, 5.41) is 8.54. The average molecular weight is 459 g/mol. The number of rotatable bonds is 9. The van der Waals surface area contributed by atoms with Gasteiger partial charge in [-0.1, -0.05) is 36.4 Å². The van der Waals surface area contributed by atoms with E-state index < -0.39 is 0 Å². The van der Waals surface area contributed by atoms with Crippen molar-refractivity contribution in [2.24, 2.45) is 0 Å². The molecule has 174 valence electrons. The van der Waals surface area contributed by atoms with Crippen molar-refractivity contribution in [1.82, 2.24) is 10.2 Å². The molecule has 0 saturated heterocycles. The minimum atomic E-state index is 0.426. The molecular weight excluding hydrogens is 432 g/mol. The van der Waals surface area contributed by atoms with Crippen molar-refractivity contribution in [3.05, 3.63) is 78.5 Å². The lowest BCUT2D eigenvalue weighted by molar-refractivity contribution is 0.284. The minimum absolute atomic E-state index is 0.426. The first-order chi connectivity index (χ1) is 16.7. The third-order valence-corrected chi connectivity index (χ3v) is 5.37. The van der Waals surface area contributed by atoms with E-state index in [-0.39, 0.29) is 0 Å². The maximum absolute atomic E-state index is 6.11.